The maximum absolute atomic E-state index is 13.9. The summed E-state index contributed by atoms with van der Waals surface area (Å²) in [6.07, 6.45) is 2.97. The van der Waals surface area contributed by atoms with Crippen molar-refractivity contribution in [1.29, 1.82) is 0 Å². The van der Waals surface area contributed by atoms with E-state index < -0.39 is 5.97 Å². The van der Waals surface area contributed by atoms with E-state index in [1.807, 2.05) is 0 Å². The Morgan fingerprint density at radius 2 is 1.88 bits per heavy atom. The van der Waals surface area contributed by atoms with Gasteiger partial charge in [0.2, 0.25) is 5.91 Å². The lowest BCUT2D eigenvalue weighted by atomic mass is 10.1. The summed E-state index contributed by atoms with van der Waals surface area (Å²) in [7, 11) is 1.49. The number of anilines is 1. The van der Waals surface area contributed by atoms with Crippen LogP contribution in [0.1, 0.15) is 28.4 Å². The lowest BCUT2D eigenvalue weighted by Gasteiger charge is -2.14. The number of hydrogen-bond acceptors (Lipinski definition) is 5. The molecule has 0 aromatic heterocycles. The van der Waals surface area contributed by atoms with Crippen molar-refractivity contribution < 1.29 is 28.2 Å². The predicted octanol–water partition coefficient (Wildman–Crippen LogP) is 6.00. The number of hydrogen-bond donors (Lipinski definition) is 1. The molecule has 6 nitrogen and oxygen atoms in total. The molecule has 0 unspecified atom stereocenters. The molecule has 0 aliphatic heterocycles. The van der Waals surface area contributed by atoms with Crippen molar-refractivity contribution in [3.05, 3.63) is 93.7 Å². The topological polar surface area (TPSA) is 73.9 Å². The van der Waals surface area contributed by atoms with Gasteiger partial charge in [0, 0.05) is 17.3 Å². The summed E-state index contributed by atoms with van der Waals surface area (Å²) in [5.74, 6) is -0.341. The highest BCUT2D eigenvalue weighted by atomic mass is 79.9. The third kappa shape index (κ3) is 6.68. The second-order valence-electron chi connectivity index (χ2n) is 7.04. The average Bonchev–Trinajstić information content (AvgIpc) is 2.83. The number of nitrogens with one attached hydrogen (secondary N) is 1. The Kier molecular flexibility index (Phi) is 8.81. The van der Waals surface area contributed by atoms with E-state index in [1.54, 1.807) is 67.6 Å². The van der Waals surface area contributed by atoms with Gasteiger partial charge in [-0.1, -0.05) is 24.3 Å². The normalized spacial score (nSPS) is 10.7. The summed E-state index contributed by atoms with van der Waals surface area (Å²) >= 11 is 3.45. The van der Waals surface area contributed by atoms with Crippen LogP contribution < -0.4 is 14.8 Å². The van der Waals surface area contributed by atoms with Crippen molar-refractivity contribution in [3.8, 4) is 11.5 Å². The maximum Gasteiger partial charge on any atom is 0.338 e. The molecule has 3 aromatic carbocycles. The number of carbonyl (C=O) groups is 2. The van der Waals surface area contributed by atoms with E-state index in [1.165, 1.54) is 19.3 Å². The van der Waals surface area contributed by atoms with Gasteiger partial charge in [0.15, 0.2) is 11.5 Å². The molecule has 0 heterocycles. The summed E-state index contributed by atoms with van der Waals surface area (Å²) in [5.41, 5.74) is 1.92. The summed E-state index contributed by atoms with van der Waals surface area (Å²) < 4.78 is 30.6. The monoisotopic (exact) mass is 527 g/mol. The molecular formula is C26H23BrFNO5. The van der Waals surface area contributed by atoms with Gasteiger partial charge in [-0.15, -0.1) is 0 Å². The summed E-state index contributed by atoms with van der Waals surface area (Å²) in [5, 5.41) is 2.71. The first-order valence-electron chi connectivity index (χ1n) is 10.4. The molecule has 0 fully saturated rings. The van der Waals surface area contributed by atoms with Crippen molar-refractivity contribution in [2.24, 2.45) is 0 Å². The third-order valence-electron chi connectivity index (χ3n) is 4.65. The third-order valence-corrected chi connectivity index (χ3v) is 5.24. The molecule has 3 aromatic rings. The molecule has 0 saturated heterocycles. The van der Waals surface area contributed by atoms with Gasteiger partial charge in [-0.2, -0.15) is 0 Å². The Hall–Kier alpha value is -3.65. The Morgan fingerprint density at radius 1 is 1.09 bits per heavy atom. The van der Waals surface area contributed by atoms with Crippen LogP contribution in [0.4, 0.5) is 10.1 Å². The number of ether oxygens (including phenoxy) is 3. The summed E-state index contributed by atoms with van der Waals surface area (Å²) in [4.78, 5) is 24.2. The van der Waals surface area contributed by atoms with E-state index in [-0.39, 0.29) is 24.9 Å². The molecule has 1 N–H and O–H groups in total. The Morgan fingerprint density at radius 3 is 2.62 bits per heavy atom. The van der Waals surface area contributed by atoms with E-state index in [0.29, 0.717) is 38.3 Å². The Labute approximate surface area is 205 Å². The molecule has 0 spiro atoms. The lowest BCUT2D eigenvalue weighted by Crippen LogP contribution is -2.09. The van der Waals surface area contributed by atoms with Crippen molar-refractivity contribution in [3.63, 3.8) is 0 Å². The number of amides is 1. The number of rotatable bonds is 9. The van der Waals surface area contributed by atoms with Gasteiger partial charge in [-0.3, -0.25) is 4.79 Å². The molecule has 0 atom stereocenters. The fourth-order valence-corrected chi connectivity index (χ4v) is 3.61. The zero-order valence-corrected chi connectivity index (χ0v) is 20.2. The van der Waals surface area contributed by atoms with Crippen LogP contribution >= 0.6 is 15.9 Å². The first-order valence-corrected chi connectivity index (χ1v) is 11.2. The first kappa shape index (κ1) is 25.0. The smallest absolute Gasteiger partial charge is 0.338 e. The van der Waals surface area contributed by atoms with E-state index in [4.69, 9.17) is 14.2 Å². The van der Waals surface area contributed by atoms with Gasteiger partial charge in [-0.05, 0) is 70.9 Å². The van der Waals surface area contributed by atoms with Crippen LogP contribution in [-0.2, 0) is 16.1 Å². The molecule has 0 saturated carbocycles. The van der Waals surface area contributed by atoms with Crippen LogP contribution in [0.25, 0.3) is 6.08 Å². The number of benzene rings is 3. The second-order valence-corrected chi connectivity index (χ2v) is 7.89. The van der Waals surface area contributed by atoms with Gasteiger partial charge in [0.05, 0.1) is 23.8 Å². The highest BCUT2D eigenvalue weighted by Gasteiger charge is 2.13. The number of methoxy groups -OCH3 is 1. The van der Waals surface area contributed by atoms with Crippen molar-refractivity contribution in [2.75, 3.05) is 19.0 Å². The first-order chi connectivity index (χ1) is 16.4. The van der Waals surface area contributed by atoms with Gasteiger partial charge >= 0.3 is 5.97 Å². The fraction of sp³-hybridized carbons (Fsp3) is 0.154. The van der Waals surface area contributed by atoms with Crippen molar-refractivity contribution >= 4 is 39.6 Å². The zero-order chi connectivity index (χ0) is 24.5. The molecule has 176 valence electrons. The molecule has 3 rings (SSSR count). The summed E-state index contributed by atoms with van der Waals surface area (Å²) in [6, 6.07) is 16.3. The van der Waals surface area contributed by atoms with E-state index >= 15 is 0 Å². The standard InChI is InChI=1S/C26H23BrFNO5/c1-3-33-26(31)18-8-6-9-20(15-18)29-24(30)12-11-17-13-21(27)25(23(14-17)32-2)34-16-19-7-4-5-10-22(19)28/h4-15H,3,16H2,1-2H3,(H,29,30)/b12-11+. The molecule has 1 amide bonds. The molecule has 0 aliphatic rings. The Bertz CT molecular complexity index is 1210. The zero-order valence-electron chi connectivity index (χ0n) is 18.6. The number of carbonyl (C=O) groups excluding carboxylic acids is 2. The van der Waals surface area contributed by atoms with Crippen LogP contribution in [-0.4, -0.2) is 25.6 Å². The molecule has 8 heteroatoms. The Balaban J connectivity index is 1.69. The van der Waals surface area contributed by atoms with E-state index in [9.17, 15) is 14.0 Å². The fourth-order valence-electron chi connectivity index (χ4n) is 3.04. The van der Waals surface area contributed by atoms with Crippen LogP contribution in [0.3, 0.4) is 0 Å². The van der Waals surface area contributed by atoms with E-state index in [2.05, 4.69) is 21.2 Å². The number of esters is 1. The SMILES string of the molecule is CCOC(=O)c1cccc(NC(=O)/C=C/c2cc(Br)c(OCc3ccccc3F)c(OC)c2)c1. The quantitative estimate of drug-likeness (QED) is 0.272. The van der Waals surface area contributed by atoms with Gasteiger partial charge in [0.1, 0.15) is 12.4 Å². The van der Waals surface area contributed by atoms with Gasteiger partial charge < -0.3 is 19.5 Å². The molecular weight excluding hydrogens is 505 g/mol. The maximum atomic E-state index is 13.9. The van der Waals surface area contributed by atoms with Gasteiger partial charge in [0.25, 0.3) is 0 Å². The minimum Gasteiger partial charge on any atom is -0.493 e. The largest absolute Gasteiger partial charge is 0.493 e. The lowest BCUT2D eigenvalue weighted by molar-refractivity contribution is -0.111. The predicted molar refractivity (Wildman–Crippen MR) is 131 cm³/mol. The van der Waals surface area contributed by atoms with Gasteiger partial charge in [-0.25, -0.2) is 9.18 Å². The van der Waals surface area contributed by atoms with Crippen LogP contribution in [0, 0.1) is 5.82 Å². The highest BCUT2D eigenvalue weighted by molar-refractivity contribution is 9.10. The summed E-state index contributed by atoms with van der Waals surface area (Å²) in [6.45, 7) is 2.03. The highest BCUT2D eigenvalue weighted by Crippen LogP contribution is 2.37. The van der Waals surface area contributed by atoms with Crippen LogP contribution in [0.15, 0.2) is 71.2 Å². The van der Waals surface area contributed by atoms with Crippen molar-refractivity contribution in [2.45, 2.75) is 13.5 Å². The molecule has 34 heavy (non-hydrogen) atoms. The number of halogens is 2. The minimum absolute atomic E-state index is 0.0318. The van der Waals surface area contributed by atoms with E-state index in [0.717, 1.165) is 0 Å². The molecule has 0 radical (unpaired) electrons. The van der Waals surface area contributed by atoms with Crippen molar-refractivity contribution in [1.82, 2.24) is 0 Å². The second kappa shape index (κ2) is 12.0. The average molecular weight is 528 g/mol. The van der Waals surface area contributed by atoms with Crippen LogP contribution in [0.2, 0.25) is 0 Å². The minimum atomic E-state index is -0.455. The molecule has 0 bridgehead atoms. The van der Waals surface area contributed by atoms with Crippen LogP contribution in [0.5, 0.6) is 11.5 Å². The molecule has 0 aliphatic carbocycles.